The van der Waals surface area contributed by atoms with Gasteiger partial charge in [-0.15, -0.1) is 0 Å². The second kappa shape index (κ2) is 6.06. The lowest BCUT2D eigenvalue weighted by atomic mass is 10.1. The van der Waals surface area contributed by atoms with Crippen molar-refractivity contribution >= 4 is 5.69 Å². The molecule has 1 aromatic carbocycles. The topological polar surface area (TPSA) is 68.1 Å². The van der Waals surface area contributed by atoms with Gasteiger partial charge in [-0.25, -0.2) is 0 Å². The minimum atomic E-state index is -0.392. The Kier molecular flexibility index (Phi) is 4.20. The lowest BCUT2D eigenvalue weighted by molar-refractivity contribution is -0.384. The molecule has 0 aliphatic heterocycles. The Labute approximate surface area is 111 Å². The summed E-state index contributed by atoms with van der Waals surface area (Å²) < 4.78 is 0. The monoisotopic (exact) mass is 257 g/mol. The van der Waals surface area contributed by atoms with Gasteiger partial charge in [-0.1, -0.05) is 12.1 Å². The molecule has 2 aromatic rings. The summed E-state index contributed by atoms with van der Waals surface area (Å²) in [5, 5.41) is 13.9. The molecule has 0 fully saturated rings. The van der Waals surface area contributed by atoms with Crippen molar-refractivity contribution in [3.8, 4) is 0 Å². The van der Waals surface area contributed by atoms with Gasteiger partial charge in [-0.3, -0.25) is 15.1 Å². The van der Waals surface area contributed by atoms with Gasteiger partial charge in [0.15, 0.2) is 0 Å². The van der Waals surface area contributed by atoms with Crippen molar-refractivity contribution in [2.24, 2.45) is 0 Å². The van der Waals surface area contributed by atoms with Crippen LogP contribution in [0.3, 0.4) is 0 Å². The number of rotatable bonds is 5. The molecule has 1 heterocycles. The molecule has 0 unspecified atom stereocenters. The number of nitrogens with one attached hydrogen (secondary N) is 1. The van der Waals surface area contributed by atoms with Crippen LogP contribution >= 0.6 is 0 Å². The second-order valence-corrected chi connectivity index (χ2v) is 4.31. The molecule has 0 saturated heterocycles. The minimum absolute atomic E-state index is 0.117. The smallest absolute Gasteiger partial charge is 0.269 e. The number of pyridine rings is 1. The predicted octanol–water partition coefficient (Wildman–Crippen LogP) is 2.84. The highest BCUT2D eigenvalue weighted by Gasteiger charge is 2.06. The first-order valence-corrected chi connectivity index (χ1v) is 6.03. The lowest BCUT2D eigenvalue weighted by Crippen LogP contribution is -2.18. The third-order valence-corrected chi connectivity index (χ3v) is 2.97. The van der Waals surface area contributed by atoms with E-state index in [0.29, 0.717) is 6.54 Å². The number of hydrogen-bond acceptors (Lipinski definition) is 4. The van der Waals surface area contributed by atoms with Crippen molar-refractivity contribution in [2.75, 3.05) is 0 Å². The van der Waals surface area contributed by atoms with Gasteiger partial charge < -0.3 is 5.32 Å². The van der Waals surface area contributed by atoms with Crippen LogP contribution in [0.2, 0.25) is 0 Å². The maximum Gasteiger partial charge on any atom is 0.269 e. The van der Waals surface area contributed by atoms with Crippen LogP contribution in [-0.2, 0) is 6.54 Å². The molecule has 5 nitrogen and oxygen atoms in total. The first kappa shape index (κ1) is 13.2. The molecule has 5 heteroatoms. The van der Waals surface area contributed by atoms with Crippen LogP contribution in [0.5, 0.6) is 0 Å². The minimum Gasteiger partial charge on any atom is -0.306 e. The zero-order chi connectivity index (χ0) is 13.7. The van der Waals surface area contributed by atoms with Crippen molar-refractivity contribution in [2.45, 2.75) is 19.5 Å². The standard InChI is InChI=1S/C14H15N3O2/c1-11(13-6-8-15-9-7-13)16-10-12-2-4-14(5-3-12)17(18)19/h2-9,11,16H,10H2,1H3/t11-/m0/s1. The van der Waals surface area contributed by atoms with E-state index in [1.165, 1.54) is 12.1 Å². The first-order valence-electron chi connectivity index (χ1n) is 6.03. The molecule has 1 aromatic heterocycles. The third-order valence-electron chi connectivity index (χ3n) is 2.97. The van der Waals surface area contributed by atoms with Crippen LogP contribution in [0.1, 0.15) is 24.1 Å². The second-order valence-electron chi connectivity index (χ2n) is 4.31. The fourth-order valence-corrected chi connectivity index (χ4v) is 1.78. The van der Waals surface area contributed by atoms with Gasteiger partial charge in [0, 0.05) is 37.1 Å². The Bertz CT molecular complexity index is 540. The largest absolute Gasteiger partial charge is 0.306 e. The van der Waals surface area contributed by atoms with Gasteiger partial charge in [-0.2, -0.15) is 0 Å². The number of hydrogen-bond donors (Lipinski definition) is 1. The molecular formula is C14H15N3O2. The predicted molar refractivity (Wildman–Crippen MR) is 72.6 cm³/mol. The maximum absolute atomic E-state index is 10.5. The molecule has 0 aliphatic rings. The first-order chi connectivity index (χ1) is 9.16. The highest BCUT2D eigenvalue weighted by Crippen LogP contribution is 2.14. The van der Waals surface area contributed by atoms with E-state index in [2.05, 4.69) is 17.2 Å². The average Bonchev–Trinajstić information content (AvgIpc) is 2.46. The van der Waals surface area contributed by atoms with E-state index in [1.807, 2.05) is 12.1 Å². The molecule has 0 bridgehead atoms. The van der Waals surface area contributed by atoms with Crippen LogP contribution in [0, 0.1) is 10.1 Å². The number of non-ortho nitro benzene ring substituents is 1. The van der Waals surface area contributed by atoms with Crippen molar-refractivity contribution in [1.29, 1.82) is 0 Å². The number of benzene rings is 1. The van der Waals surface area contributed by atoms with E-state index in [1.54, 1.807) is 24.5 Å². The van der Waals surface area contributed by atoms with Crippen LogP contribution in [0.25, 0.3) is 0 Å². The zero-order valence-electron chi connectivity index (χ0n) is 10.6. The molecule has 19 heavy (non-hydrogen) atoms. The van der Waals surface area contributed by atoms with Crippen molar-refractivity contribution in [3.63, 3.8) is 0 Å². The Morgan fingerprint density at radius 2 is 1.84 bits per heavy atom. The van der Waals surface area contributed by atoms with E-state index in [4.69, 9.17) is 0 Å². The van der Waals surface area contributed by atoms with E-state index >= 15 is 0 Å². The maximum atomic E-state index is 10.5. The van der Waals surface area contributed by atoms with E-state index in [0.717, 1.165) is 11.1 Å². The summed E-state index contributed by atoms with van der Waals surface area (Å²) in [5.74, 6) is 0. The van der Waals surface area contributed by atoms with Gasteiger partial charge in [-0.05, 0) is 30.2 Å². The summed E-state index contributed by atoms with van der Waals surface area (Å²) in [7, 11) is 0. The van der Waals surface area contributed by atoms with Crippen LogP contribution in [0.15, 0.2) is 48.8 Å². The summed E-state index contributed by atoms with van der Waals surface area (Å²) in [6.45, 7) is 2.74. The molecule has 0 amide bonds. The van der Waals surface area contributed by atoms with E-state index < -0.39 is 4.92 Å². The summed E-state index contributed by atoms with van der Waals surface area (Å²) in [6, 6.07) is 10.7. The summed E-state index contributed by atoms with van der Waals surface area (Å²) in [5.41, 5.74) is 2.30. The van der Waals surface area contributed by atoms with Gasteiger partial charge in [0.25, 0.3) is 5.69 Å². The lowest BCUT2D eigenvalue weighted by Gasteiger charge is -2.13. The average molecular weight is 257 g/mol. The van der Waals surface area contributed by atoms with Crippen LogP contribution < -0.4 is 5.32 Å². The number of nitrogens with zero attached hydrogens (tertiary/aromatic N) is 2. The van der Waals surface area contributed by atoms with Crippen LogP contribution in [0.4, 0.5) is 5.69 Å². The summed E-state index contributed by atoms with van der Waals surface area (Å²) >= 11 is 0. The molecule has 98 valence electrons. The van der Waals surface area contributed by atoms with Crippen LogP contribution in [-0.4, -0.2) is 9.91 Å². The van der Waals surface area contributed by atoms with Crippen molar-refractivity contribution in [3.05, 3.63) is 70.0 Å². The van der Waals surface area contributed by atoms with Gasteiger partial charge in [0.05, 0.1) is 4.92 Å². The third kappa shape index (κ3) is 3.59. The molecule has 0 aliphatic carbocycles. The Morgan fingerprint density at radius 1 is 1.21 bits per heavy atom. The Hall–Kier alpha value is -2.27. The molecule has 2 rings (SSSR count). The van der Waals surface area contributed by atoms with Gasteiger partial charge in [0.2, 0.25) is 0 Å². The number of nitro benzene ring substituents is 1. The Balaban J connectivity index is 1.93. The normalized spacial score (nSPS) is 12.1. The number of aromatic nitrogens is 1. The van der Waals surface area contributed by atoms with E-state index in [-0.39, 0.29) is 11.7 Å². The molecule has 1 atom stereocenters. The molecule has 0 spiro atoms. The van der Waals surface area contributed by atoms with Crippen molar-refractivity contribution < 1.29 is 4.92 Å². The molecular weight excluding hydrogens is 242 g/mol. The highest BCUT2D eigenvalue weighted by molar-refractivity contribution is 5.32. The van der Waals surface area contributed by atoms with Gasteiger partial charge >= 0.3 is 0 Å². The quantitative estimate of drug-likeness (QED) is 0.660. The van der Waals surface area contributed by atoms with E-state index in [9.17, 15) is 10.1 Å². The Morgan fingerprint density at radius 3 is 2.42 bits per heavy atom. The molecule has 0 saturated carbocycles. The summed E-state index contributed by atoms with van der Waals surface area (Å²) in [4.78, 5) is 14.1. The number of nitro groups is 1. The summed E-state index contributed by atoms with van der Waals surface area (Å²) in [6.07, 6.45) is 3.53. The molecule has 1 N–H and O–H groups in total. The fourth-order valence-electron chi connectivity index (χ4n) is 1.78. The molecule has 0 radical (unpaired) electrons. The fraction of sp³-hybridized carbons (Fsp3) is 0.214. The van der Waals surface area contributed by atoms with Crippen molar-refractivity contribution in [1.82, 2.24) is 10.3 Å². The zero-order valence-corrected chi connectivity index (χ0v) is 10.6. The highest BCUT2D eigenvalue weighted by atomic mass is 16.6. The SMILES string of the molecule is C[C@H](NCc1ccc([N+](=O)[O-])cc1)c1ccncc1. The van der Waals surface area contributed by atoms with Gasteiger partial charge in [0.1, 0.15) is 0 Å².